The molecule has 0 fully saturated rings. The van der Waals surface area contributed by atoms with E-state index in [1.54, 1.807) is 53.4 Å². The van der Waals surface area contributed by atoms with Crippen LogP contribution in [0.2, 0.25) is 0 Å². The third-order valence-electron chi connectivity index (χ3n) is 5.36. The topological polar surface area (TPSA) is 90.5 Å². The van der Waals surface area contributed by atoms with Gasteiger partial charge in [-0.2, -0.15) is 0 Å². The molecule has 0 atom stereocenters. The van der Waals surface area contributed by atoms with E-state index in [0.717, 1.165) is 11.3 Å². The fourth-order valence-electron chi connectivity index (χ4n) is 3.40. The highest BCUT2D eigenvalue weighted by Gasteiger charge is 2.12. The van der Waals surface area contributed by atoms with Gasteiger partial charge in [-0.05, 0) is 67.9 Å². The molecule has 3 aromatic rings. The van der Waals surface area contributed by atoms with Crippen LogP contribution in [0.4, 0.5) is 11.4 Å². The second-order valence-electron chi connectivity index (χ2n) is 7.70. The van der Waals surface area contributed by atoms with Crippen molar-refractivity contribution in [1.82, 2.24) is 10.2 Å². The zero-order valence-corrected chi connectivity index (χ0v) is 19.5. The van der Waals surface area contributed by atoms with Crippen molar-refractivity contribution < 1.29 is 14.4 Å². The van der Waals surface area contributed by atoms with E-state index in [1.807, 2.05) is 44.2 Å². The molecule has 0 aliphatic rings. The zero-order chi connectivity index (χ0) is 24.3. The largest absolute Gasteiger partial charge is 0.376 e. The molecule has 3 rings (SSSR count). The van der Waals surface area contributed by atoms with E-state index in [4.69, 9.17) is 0 Å². The molecule has 7 heteroatoms. The average Bonchev–Trinajstić information content (AvgIpc) is 2.88. The van der Waals surface area contributed by atoms with Crippen molar-refractivity contribution in [1.29, 1.82) is 0 Å². The highest BCUT2D eigenvalue weighted by molar-refractivity contribution is 5.97. The molecule has 0 unspecified atom stereocenters. The van der Waals surface area contributed by atoms with Gasteiger partial charge in [0.25, 0.3) is 11.8 Å². The van der Waals surface area contributed by atoms with Crippen molar-refractivity contribution in [2.24, 2.45) is 0 Å². The first-order valence-electron chi connectivity index (χ1n) is 11.4. The molecule has 176 valence electrons. The van der Waals surface area contributed by atoms with Gasteiger partial charge in [-0.15, -0.1) is 0 Å². The number of hydrogen-bond donors (Lipinski definition) is 3. The molecule has 0 aliphatic carbocycles. The lowest BCUT2D eigenvalue weighted by molar-refractivity contribution is -0.114. The fraction of sp³-hybridized carbons (Fsp3) is 0.222. The minimum absolute atomic E-state index is 0.00788. The number of nitrogens with zero attached hydrogens (tertiary/aromatic N) is 1. The van der Waals surface area contributed by atoms with E-state index in [2.05, 4.69) is 16.0 Å². The van der Waals surface area contributed by atoms with Crippen LogP contribution in [-0.4, -0.2) is 42.3 Å². The first-order valence-corrected chi connectivity index (χ1v) is 11.4. The summed E-state index contributed by atoms with van der Waals surface area (Å²) < 4.78 is 0. The van der Waals surface area contributed by atoms with Crippen molar-refractivity contribution in [2.45, 2.75) is 20.4 Å². The average molecular weight is 459 g/mol. The third kappa shape index (κ3) is 6.93. The third-order valence-corrected chi connectivity index (χ3v) is 5.36. The monoisotopic (exact) mass is 458 g/mol. The van der Waals surface area contributed by atoms with Gasteiger partial charge in [-0.25, -0.2) is 0 Å². The van der Waals surface area contributed by atoms with E-state index in [1.165, 1.54) is 0 Å². The van der Waals surface area contributed by atoms with E-state index < -0.39 is 0 Å². The van der Waals surface area contributed by atoms with Gasteiger partial charge in [0.2, 0.25) is 5.91 Å². The number of amides is 3. The Morgan fingerprint density at radius 1 is 0.735 bits per heavy atom. The SMILES string of the molecule is CCN(CC)C(=O)c1ccc(NCC(=O)Nc2ccc(C(=O)NCc3ccccc3)cc2)cc1. The van der Waals surface area contributed by atoms with Gasteiger partial charge in [0, 0.05) is 42.1 Å². The minimum atomic E-state index is -0.218. The van der Waals surface area contributed by atoms with Gasteiger partial charge >= 0.3 is 0 Å². The number of nitrogens with one attached hydrogen (secondary N) is 3. The van der Waals surface area contributed by atoms with Crippen LogP contribution in [0, 0.1) is 0 Å². The number of anilines is 2. The van der Waals surface area contributed by atoms with Gasteiger partial charge in [-0.1, -0.05) is 30.3 Å². The maximum atomic E-state index is 12.4. The Balaban J connectivity index is 1.45. The molecule has 3 amide bonds. The lowest BCUT2D eigenvalue weighted by Gasteiger charge is -2.18. The van der Waals surface area contributed by atoms with Crippen molar-refractivity contribution >= 4 is 29.1 Å². The standard InChI is InChI=1S/C27H30N4O3/c1-3-31(4-2)27(34)22-12-14-23(15-13-22)28-19-25(32)30-24-16-10-21(11-17-24)26(33)29-18-20-8-6-5-7-9-20/h5-17,28H,3-4,18-19H2,1-2H3,(H,29,33)(H,30,32). The first kappa shape index (κ1) is 24.5. The lowest BCUT2D eigenvalue weighted by Crippen LogP contribution is -2.30. The van der Waals surface area contributed by atoms with Gasteiger partial charge < -0.3 is 20.9 Å². The number of rotatable bonds is 10. The molecule has 0 radical (unpaired) electrons. The van der Waals surface area contributed by atoms with Crippen LogP contribution in [0.25, 0.3) is 0 Å². The Hall–Kier alpha value is -4.13. The van der Waals surface area contributed by atoms with Crippen molar-refractivity contribution in [2.75, 3.05) is 30.3 Å². The van der Waals surface area contributed by atoms with Crippen LogP contribution >= 0.6 is 0 Å². The van der Waals surface area contributed by atoms with E-state index in [-0.39, 0.29) is 24.3 Å². The Morgan fingerprint density at radius 3 is 1.94 bits per heavy atom. The Morgan fingerprint density at radius 2 is 1.32 bits per heavy atom. The second kappa shape index (κ2) is 12.2. The summed E-state index contributed by atoms with van der Waals surface area (Å²) in [6.07, 6.45) is 0. The minimum Gasteiger partial charge on any atom is -0.376 e. The van der Waals surface area contributed by atoms with Gasteiger partial charge in [0.1, 0.15) is 0 Å². The van der Waals surface area contributed by atoms with Crippen LogP contribution in [-0.2, 0) is 11.3 Å². The predicted molar refractivity (Wildman–Crippen MR) is 135 cm³/mol. The van der Waals surface area contributed by atoms with Crippen molar-refractivity contribution in [3.63, 3.8) is 0 Å². The first-order chi connectivity index (χ1) is 16.5. The molecule has 0 aromatic heterocycles. The summed E-state index contributed by atoms with van der Waals surface area (Å²) in [4.78, 5) is 38.7. The van der Waals surface area contributed by atoms with Gasteiger partial charge in [-0.3, -0.25) is 14.4 Å². The quantitative estimate of drug-likeness (QED) is 0.426. The van der Waals surface area contributed by atoms with E-state index >= 15 is 0 Å². The summed E-state index contributed by atoms with van der Waals surface area (Å²) in [5.41, 5.74) is 3.51. The Bertz CT molecular complexity index is 1090. The van der Waals surface area contributed by atoms with Crippen molar-refractivity contribution in [3.05, 3.63) is 95.6 Å². The molecular formula is C27H30N4O3. The number of benzene rings is 3. The molecule has 34 heavy (non-hydrogen) atoms. The van der Waals surface area contributed by atoms with Gasteiger partial charge in [0.05, 0.1) is 6.54 Å². The Labute approximate surface area is 200 Å². The number of carbonyl (C=O) groups is 3. The molecule has 3 N–H and O–H groups in total. The Kier molecular flexibility index (Phi) is 8.80. The molecular weight excluding hydrogens is 428 g/mol. The van der Waals surface area contributed by atoms with E-state index in [9.17, 15) is 14.4 Å². The number of carbonyl (C=O) groups excluding carboxylic acids is 3. The maximum absolute atomic E-state index is 12.4. The van der Waals surface area contributed by atoms with Gasteiger partial charge in [0.15, 0.2) is 0 Å². The fourth-order valence-corrected chi connectivity index (χ4v) is 3.40. The summed E-state index contributed by atoms with van der Waals surface area (Å²) in [5.74, 6) is -0.401. The highest BCUT2D eigenvalue weighted by atomic mass is 16.2. The van der Waals surface area contributed by atoms with Crippen molar-refractivity contribution in [3.8, 4) is 0 Å². The normalized spacial score (nSPS) is 10.3. The molecule has 0 bridgehead atoms. The highest BCUT2D eigenvalue weighted by Crippen LogP contribution is 2.13. The summed E-state index contributed by atoms with van der Waals surface area (Å²) in [6.45, 7) is 5.75. The molecule has 0 heterocycles. The summed E-state index contributed by atoms with van der Waals surface area (Å²) >= 11 is 0. The van der Waals surface area contributed by atoms with Crippen LogP contribution in [0.15, 0.2) is 78.9 Å². The molecule has 3 aromatic carbocycles. The lowest BCUT2D eigenvalue weighted by atomic mass is 10.1. The maximum Gasteiger partial charge on any atom is 0.253 e. The van der Waals surface area contributed by atoms with Crippen LogP contribution in [0.3, 0.4) is 0 Å². The smallest absolute Gasteiger partial charge is 0.253 e. The molecule has 0 spiro atoms. The number of hydrogen-bond acceptors (Lipinski definition) is 4. The molecule has 0 saturated heterocycles. The summed E-state index contributed by atoms with van der Waals surface area (Å²) in [5, 5.41) is 8.73. The van der Waals surface area contributed by atoms with Crippen LogP contribution < -0.4 is 16.0 Å². The second-order valence-corrected chi connectivity index (χ2v) is 7.70. The van der Waals surface area contributed by atoms with Crippen LogP contribution in [0.1, 0.15) is 40.1 Å². The summed E-state index contributed by atoms with van der Waals surface area (Å²) in [7, 11) is 0. The molecule has 7 nitrogen and oxygen atoms in total. The summed E-state index contributed by atoms with van der Waals surface area (Å²) in [6, 6.07) is 23.5. The predicted octanol–water partition coefficient (Wildman–Crippen LogP) is 4.15. The molecule has 0 saturated carbocycles. The van der Waals surface area contributed by atoms with E-state index in [0.29, 0.717) is 36.4 Å². The molecule has 0 aliphatic heterocycles. The zero-order valence-electron chi connectivity index (χ0n) is 19.5. The van der Waals surface area contributed by atoms with Crippen LogP contribution in [0.5, 0.6) is 0 Å².